The molecular weight excluding hydrogens is 293 g/mol. The number of benzene rings is 1. The van der Waals surface area contributed by atoms with Gasteiger partial charge in [0.05, 0.1) is 4.90 Å². The molecule has 0 radical (unpaired) electrons. The monoisotopic (exact) mass is 317 g/mol. The van der Waals surface area contributed by atoms with Gasteiger partial charge in [0, 0.05) is 24.2 Å². The zero-order valence-corrected chi connectivity index (χ0v) is 14.0. The van der Waals surface area contributed by atoms with Gasteiger partial charge in [-0.2, -0.15) is 0 Å². The fourth-order valence-corrected chi connectivity index (χ4v) is 3.12. The first kappa shape index (κ1) is 18.0. The Morgan fingerprint density at radius 2 is 1.90 bits per heavy atom. The second-order valence-electron chi connectivity index (χ2n) is 5.94. The second kappa shape index (κ2) is 6.39. The highest BCUT2D eigenvalue weighted by atomic mass is 32.2. The van der Waals surface area contributed by atoms with Crippen molar-refractivity contribution in [2.75, 3.05) is 20.6 Å². The Bertz CT molecular complexity index is 613. The number of hydrogen-bond donors (Lipinski definition) is 2. The number of nitrogens with zero attached hydrogens (tertiary/aromatic N) is 1. The first-order valence-corrected chi connectivity index (χ1v) is 8.16. The van der Waals surface area contributed by atoms with Crippen LogP contribution in [0.3, 0.4) is 0 Å². The van der Waals surface area contributed by atoms with E-state index in [-0.39, 0.29) is 29.1 Å². The first-order chi connectivity index (χ1) is 9.51. The molecule has 0 saturated carbocycles. The van der Waals surface area contributed by atoms with Crippen molar-refractivity contribution < 1.29 is 12.8 Å². The highest BCUT2D eigenvalue weighted by Crippen LogP contribution is 2.21. The van der Waals surface area contributed by atoms with Crippen molar-refractivity contribution in [1.82, 2.24) is 9.62 Å². The van der Waals surface area contributed by atoms with Crippen LogP contribution in [0, 0.1) is 12.7 Å². The third-order valence-corrected chi connectivity index (χ3v) is 5.31. The van der Waals surface area contributed by atoms with Gasteiger partial charge in [0.1, 0.15) is 5.82 Å². The van der Waals surface area contributed by atoms with Gasteiger partial charge in [-0.15, -0.1) is 0 Å². The smallest absolute Gasteiger partial charge is 0.241 e. The minimum absolute atomic E-state index is 0.0579. The summed E-state index contributed by atoms with van der Waals surface area (Å²) in [6.45, 7) is 5.58. The molecule has 0 amide bonds. The Morgan fingerprint density at radius 3 is 2.38 bits per heavy atom. The minimum atomic E-state index is -3.78. The molecule has 0 aromatic heterocycles. The van der Waals surface area contributed by atoms with Crippen LogP contribution < -0.4 is 10.5 Å². The van der Waals surface area contributed by atoms with Gasteiger partial charge in [-0.05, 0) is 52.6 Å². The highest BCUT2D eigenvalue weighted by molar-refractivity contribution is 7.89. The van der Waals surface area contributed by atoms with E-state index in [1.807, 2.05) is 32.8 Å². The van der Waals surface area contributed by atoms with Gasteiger partial charge in [-0.3, -0.25) is 0 Å². The van der Waals surface area contributed by atoms with Crippen molar-refractivity contribution in [1.29, 1.82) is 0 Å². The molecule has 0 unspecified atom stereocenters. The van der Waals surface area contributed by atoms with Gasteiger partial charge in [0.25, 0.3) is 0 Å². The number of rotatable bonds is 6. The molecule has 1 aromatic carbocycles. The van der Waals surface area contributed by atoms with Crippen molar-refractivity contribution in [2.45, 2.75) is 37.8 Å². The molecule has 0 bridgehead atoms. The third kappa shape index (κ3) is 4.23. The molecule has 0 saturated heterocycles. The van der Waals surface area contributed by atoms with E-state index >= 15 is 0 Å². The highest BCUT2D eigenvalue weighted by Gasteiger charge is 2.26. The molecule has 3 N–H and O–H groups in total. The lowest BCUT2D eigenvalue weighted by molar-refractivity contribution is 0.199. The van der Waals surface area contributed by atoms with Gasteiger partial charge < -0.3 is 10.6 Å². The van der Waals surface area contributed by atoms with Crippen LogP contribution in [0.2, 0.25) is 0 Å². The zero-order valence-electron chi connectivity index (χ0n) is 13.2. The number of likely N-dealkylation sites (N-methyl/N-ethyl adjacent to an activating group) is 1. The van der Waals surface area contributed by atoms with Crippen LogP contribution >= 0.6 is 0 Å². The fourth-order valence-electron chi connectivity index (χ4n) is 1.61. The number of hydrogen-bond acceptors (Lipinski definition) is 4. The third-order valence-electron chi connectivity index (χ3n) is 3.79. The van der Waals surface area contributed by atoms with Crippen LogP contribution in [0.4, 0.5) is 4.39 Å². The average Bonchev–Trinajstić information content (AvgIpc) is 2.39. The van der Waals surface area contributed by atoms with E-state index in [2.05, 4.69) is 4.72 Å². The van der Waals surface area contributed by atoms with Crippen molar-refractivity contribution in [3.8, 4) is 0 Å². The van der Waals surface area contributed by atoms with Gasteiger partial charge in [0.2, 0.25) is 10.0 Å². The largest absolute Gasteiger partial charge is 0.326 e. The van der Waals surface area contributed by atoms with Crippen LogP contribution in [0.15, 0.2) is 17.0 Å². The summed E-state index contributed by atoms with van der Waals surface area (Å²) >= 11 is 0. The predicted molar refractivity (Wildman–Crippen MR) is 82.0 cm³/mol. The lowest BCUT2D eigenvalue weighted by atomic mass is 10.1. The number of nitrogens with one attached hydrogen (secondary N) is 1. The molecule has 0 heterocycles. The molecular formula is C14H24FN3O2S. The zero-order chi connectivity index (χ0) is 16.4. The van der Waals surface area contributed by atoms with Crippen molar-refractivity contribution >= 4 is 10.0 Å². The van der Waals surface area contributed by atoms with E-state index in [0.29, 0.717) is 5.56 Å². The summed E-state index contributed by atoms with van der Waals surface area (Å²) in [5.41, 5.74) is 5.67. The first-order valence-electron chi connectivity index (χ1n) is 6.67. The quantitative estimate of drug-likeness (QED) is 0.827. The molecule has 0 aliphatic carbocycles. The molecule has 5 nitrogen and oxygen atoms in total. The number of nitrogens with two attached hydrogens (primary N) is 1. The molecule has 0 aliphatic heterocycles. The van der Waals surface area contributed by atoms with Gasteiger partial charge >= 0.3 is 0 Å². The maximum atomic E-state index is 13.8. The summed E-state index contributed by atoms with van der Waals surface area (Å²) in [7, 11) is -0.0464. The molecule has 0 fully saturated rings. The van der Waals surface area contributed by atoms with Gasteiger partial charge in [-0.1, -0.05) is 0 Å². The Hall–Kier alpha value is -1.02. The maximum Gasteiger partial charge on any atom is 0.241 e. The van der Waals surface area contributed by atoms with Crippen LogP contribution in [-0.4, -0.2) is 39.5 Å². The van der Waals surface area contributed by atoms with Crippen LogP contribution in [0.1, 0.15) is 25.0 Å². The Labute approximate surface area is 126 Å². The SMILES string of the molecule is Cc1c(F)cc(CN)cc1S(=O)(=O)NCC(C)(C)N(C)C. The topological polar surface area (TPSA) is 75.4 Å². The molecule has 0 spiro atoms. The maximum absolute atomic E-state index is 13.8. The molecule has 7 heteroatoms. The van der Waals surface area contributed by atoms with Crippen LogP contribution in [-0.2, 0) is 16.6 Å². The Kier molecular flexibility index (Phi) is 5.49. The summed E-state index contributed by atoms with van der Waals surface area (Å²) in [6.07, 6.45) is 0. The molecule has 1 rings (SSSR count). The van der Waals surface area contributed by atoms with Crippen molar-refractivity contribution in [3.05, 3.63) is 29.1 Å². The van der Waals surface area contributed by atoms with E-state index in [1.165, 1.54) is 19.1 Å². The fraction of sp³-hybridized carbons (Fsp3) is 0.571. The lowest BCUT2D eigenvalue weighted by Crippen LogP contribution is -2.48. The van der Waals surface area contributed by atoms with Crippen molar-refractivity contribution in [3.63, 3.8) is 0 Å². The molecule has 1 aromatic rings. The van der Waals surface area contributed by atoms with Crippen LogP contribution in [0.5, 0.6) is 0 Å². The minimum Gasteiger partial charge on any atom is -0.326 e. The summed E-state index contributed by atoms with van der Waals surface area (Å²) in [5.74, 6) is -0.565. The molecule has 0 atom stereocenters. The molecule has 0 aliphatic rings. The van der Waals surface area contributed by atoms with E-state index < -0.39 is 15.8 Å². The summed E-state index contributed by atoms with van der Waals surface area (Å²) in [6, 6.07) is 2.68. The van der Waals surface area contributed by atoms with E-state index in [0.717, 1.165) is 0 Å². The normalized spacial score (nSPS) is 13.0. The lowest BCUT2D eigenvalue weighted by Gasteiger charge is -2.32. The van der Waals surface area contributed by atoms with E-state index in [4.69, 9.17) is 5.73 Å². The van der Waals surface area contributed by atoms with E-state index in [9.17, 15) is 12.8 Å². The Morgan fingerprint density at radius 1 is 1.33 bits per heavy atom. The van der Waals surface area contributed by atoms with Crippen LogP contribution in [0.25, 0.3) is 0 Å². The van der Waals surface area contributed by atoms with Gasteiger partial charge in [-0.25, -0.2) is 17.5 Å². The number of halogens is 1. The van der Waals surface area contributed by atoms with Gasteiger partial charge in [0.15, 0.2) is 0 Å². The summed E-state index contributed by atoms with van der Waals surface area (Å²) in [4.78, 5) is 1.86. The average molecular weight is 317 g/mol. The summed E-state index contributed by atoms with van der Waals surface area (Å²) < 4.78 is 41.2. The predicted octanol–water partition coefficient (Wildman–Crippen LogP) is 1.21. The standard InChI is InChI=1S/C14H24FN3O2S/c1-10-12(15)6-11(8-16)7-13(10)21(19,20)17-9-14(2,3)18(4)5/h6-7,17H,8-9,16H2,1-5H3. The Balaban J connectivity index is 3.12. The van der Waals surface area contributed by atoms with E-state index in [1.54, 1.807) is 0 Å². The van der Waals surface area contributed by atoms with Crippen molar-refractivity contribution in [2.24, 2.45) is 5.73 Å². The summed E-state index contributed by atoms with van der Waals surface area (Å²) in [5, 5.41) is 0. The molecule has 120 valence electrons. The second-order valence-corrected chi connectivity index (χ2v) is 7.67. The number of sulfonamides is 1. The molecule has 21 heavy (non-hydrogen) atoms.